The van der Waals surface area contributed by atoms with Gasteiger partial charge >= 0.3 is 0 Å². The highest BCUT2D eigenvalue weighted by Gasteiger charge is 2.38. The van der Waals surface area contributed by atoms with Crippen LogP contribution in [0.15, 0.2) is 39.7 Å². The van der Waals surface area contributed by atoms with Crippen LogP contribution in [0.3, 0.4) is 0 Å². The van der Waals surface area contributed by atoms with Crippen LogP contribution in [0.25, 0.3) is 11.3 Å². The fourth-order valence-corrected chi connectivity index (χ4v) is 5.35. The second-order valence-corrected chi connectivity index (χ2v) is 8.44. The van der Waals surface area contributed by atoms with Crippen molar-refractivity contribution in [3.8, 4) is 11.3 Å². The maximum atomic E-state index is 13.0. The number of nitrogens with zero attached hydrogens (tertiary/aromatic N) is 2. The van der Waals surface area contributed by atoms with Crippen molar-refractivity contribution < 1.29 is 9.21 Å². The van der Waals surface area contributed by atoms with Crippen LogP contribution < -0.4 is 5.56 Å². The van der Waals surface area contributed by atoms with Crippen molar-refractivity contribution in [1.82, 2.24) is 9.47 Å². The number of carbonyl (C=O) groups is 1. The zero-order chi connectivity index (χ0) is 18.4. The third kappa shape index (κ3) is 2.93. The molecule has 4 heterocycles. The summed E-state index contributed by atoms with van der Waals surface area (Å²) in [6.07, 6.45) is 8.41. The third-order valence-electron chi connectivity index (χ3n) is 6.66. The lowest BCUT2D eigenvalue weighted by Gasteiger charge is -2.44. The molecule has 2 aromatic heterocycles. The first-order chi connectivity index (χ1) is 13.2. The molecular formula is C22H26N2O3. The summed E-state index contributed by atoms with van der Waals surface area (Å²) in [6.45, 7) is 2.25. The van der Waals surface area contributed by atoms with Crippen LogP contribution in [-0.4, -0.2) is 28.5 Å². The van der Waals surface area contributed by atoms with Gasteiger partial charge in [0.05, 0.1) is 11.8 Å². The van der Waals surface area contributed by atoms with Crippen molar-refractivity contribution in [2.24, 2.45) is 11.8 Å². The van der Waals surface area contributed by atoms with Crippen molar-refractivity contribution in [2.45, 2.75) is 51.0 Å². The molecule has 1 aliphatic carbocycles. The highest BCUT2D eigenvalue weighted by Crippen LogP contribution is 2.37. The summed E-state index contributed by atoms with van der Waals surface area (Å²) in [5.74, 6) is 1.84. The monoisotopic (exact) mass is 366 g/mol. The maximum Gasteiger partial charge on any atom is 0.261 e. The first-order valence-electron chi connectivity index (χ1n) is 10.3. The van der Waals surface area contributed by atoms with Crippen LogP contribution in [0.2, 0.25) is 0 Å². The van der Waals surface area contributed by atoms with Gasteiger partial charge in [-0.2, -0.15) is 0 Å². The number of amides is 1. The van der Waals surface area contributed by atoms with Gasteiger partial charge in [-0.3, -0.25) is 9.59 Å². The summed E-state index contributed by atoms with van der Waals surface area (Å²) in [5.41, 5.74) is 1.73. The smallest absolute Gasteiger partial charge is 0.261 e. The van der Waals surface area contributed by atoms with E-state index in [0.29, 0.717) is 29.7 Å². The predicted molar refractivity (Wildman–Crippen MR) is 102 cm³/mol. The van der Waals surface area contributed by atoms with E-state index in [0.717, 1.165) is 38.0 Å². The topological polar surface area (TPSA) is 55.5 Å². The number of likely N-dealkylation sites (tertiary alicyclic amines) is 1. The van der Waals surface area contributed by atoms with Gasteiger partial charge in [0.2, 0.25) is 5.91 Å². The molecule has 5 nitrogen and oxygen atoms in total. The molecule has 5 heteroatoms. The number of pyridine rings is 1. The lowest BCUT2D eigenvalue weighted by Crippen LogP contribution is -2.50. The number of aromatic nitrogens is 1. The highest BCUT2D eigenvalue weighted by atomic mass is 16.3. The standard InChI is InChI=1S/C22H26N2O3/c25-21(16-5-2-1-3-6-16)23-12-15-11-17(14-23)19-9-8-18(20-7-4-10-27-20)22(26)24(19)13-15/h4,7-10,15-17H,1-3,5-6,11-14H2. The molecule has 2 unspecified atom stereocenters. The molecule has 3 aliphatic rings. The van der Waals surface area contributed by atoms with E-state index < -0.39 is 0 Å². The number of hydrogen-bond donors (Lipinski definition) is 0. The van der Waals surface area contributed by atoms with Crippen LogP contribution in [0.1, 0.15) is 50.1 Å². The van der Waals surface area contributed by atoms with Gasteiger partial charge in [0.15, 0.2) is 0 Å². The van der Waals surface area contributed by atoms with Crippen molar-refractivity contribution in [2.75, 3.05) is 13.1 Å². The Hall–Kier alpha value is -2.30. The molecule has 2 aliphatic heterocycles. The van der Waals surface area contributed by atoms with Crippen LogP contribution >= 0.6 is 0 Å². The Labute approximate surface area is 159 Å². The lowest BCUT2D eigenvalue weighted by molar-refractivity contribution is -0.139. The van der Waals surface area contributed by atoms with E-state index in [2.05, 4.69) is 11.0 Å². The molecule has 142 valence electrons. The molecule has 2 fully saturated rings. The summed E-state index contributed by atoms with van der Waals surface area (Å²) < 4.78 is 7.36. The molecule has 2 bridgehead atoms. The Kier molecular flexibility index (Phi) is 4.18. The first kappa shape index (κ1) is 16.8. The minimum Gasteiger partial charge on any atom is -0.464 e. The summed E-state index contributed by atoms with van der Waals surface area (Å²) in [7, 11) is 0. The van der Waals surface area contributed by atoms with Gasteiger partial charge in [0.1, 0.15) is 5.76 Å². The van der Waals surface area contributed by atoms with E-state index in [-0.39, 0.29) is 17.4 Å². The fourth-order valence-electron chi connectivity index (χ4n) is 5.35. The maximum absolute atomic E-state index is 13.0. The number of carbonyl (C=O) groups excluding carboxylic acids is 1. The predicted octanol–water partition coefficient (Wildman–Crippen LogP) is 3.63. The van der Waals surface area contributed by atoms with E-state index in [1.165, 1.54) is 19.3 Å². The Morgan fingerprint density at radius 2 is 1.89 bits per heavy atom. The average Bonchev–Trinajstić information content (AvgIpc) is 3.23. The van der Waals surface area contributed by atoms with Crippen LogP contribution in [0.4, 0.5) is 0 Å². The Bertz CT molecular complexity index is 893. The van der Waals surface area contributed by atoms with E-state index in [4.69, 9.17) is 4.42 Å². The second kappa shape index (κ2) is 6.70. The van der Waals surface area contributed by atoms with Gasteiger partial charge in [-0.15, -0.1) is 0 Å². The summed E-state index contributed by atoms with van der Waals surface area (Å²) in [6, 6.07) is 7.59. The van der Waals surface area contributed by atoms with E-state index >= 15 is 0 Å². The number of fused-ring (bicyclic) bond motifs is 4. The van der Waals surface area contributed by atoms with Gasteiger partial charge in [-0.25, -0.2) is 0 Å². The van der Waals surface area contributed by atoms with Crippen LogP contribution in [0, 0.1) is 11.8 Å². The van der Waals surface area contributed by atoms with E-state index in [9.17, 15) is 9.59 Å². The average molecular weight is 366 g/mol. The number of piperidine rings is 1. The Morgan fingerprint density at radius 1 is 1.04 bits per heavy atom. The van der Waals surface area contributed by atoms with Gasteiger partial charge < -0.3 is 13.9 Å². The number of hydrogen-bond acceptors (Lipinski definition) is 3. The zero-order valence-electron chi connectivity index (χ0n) is 15.6. The minimum atomic E-state index is 0.0317. The second-order valence-electron chi connectivity index (χ2n) is 8.44. The molecule has 0 radical (unpaired) electrons. The highest BCUT2D eigenvalue weighted by molar-refractivity contribution is 5.79. The molecule has 2 aromatic rings. The molecule has 2 atom stereocenters. The van der Waals surface area contributed by atoms with Gasteiger partial charge in [-0.05, 0) is 49.4 Å². The molecule has 0 spiro atoms. The quantitative estimate of drug-likeness (QED) is 0.815. The molecule has 27 heavy (non-hydrogen) atoms. The molecule has 1 saturated heterocycles. The van der Waals surface area contributed by atoms with Crippen molar-refractivity contribution in [3.05, 3.63) is 46.6 Å². The normalized spacial score (nSPS) is 25.3. The van der Waals surface area contributed by atoms with E-state index in [1.54, 1.807) is 6.26 Å². The van der Waals surface area contributed by atoms with Gasteiger partial charge in [-0.1, -0.05) is 19.3 Å². The molecular weight excluding hydrogens is 340 g/mol. The lowest BCUT2D eigenvalue weighted by atomic mass is 9.81. The fraction of sp³-hybridized carbons (Fsp3) is 0.545. The molecule has 0 aromatic carbocycles. The van der Waals surface area contributed by atoms with Crippen LogP contribution in [-0.2, 0) is 11.3 Å². The Morgan fingerprint density at radius 3 is 2.67 bits per heavy atom. The third-order valence-corrected chi connectivity index (χ3v) is 6.66. The van der Waals surface area contributed by atoms with Crippen molar-refractivity contribution in [3.63, 3.8) is 0 Å². The van der Waals surface area contributed by atoms with Crippen molar-refractivity contribution in [1.29, 1.82) is 0 Å². The zero-order valence-corrected chi connectivity index (χ0v) is 15.6. The summed E-state index contributed by atoms with van der Waals surface area (Å²) in [4.78, 5) is 28.1. The van der Waals surface area contributed by atoms with Gasteiger partial charge in [0, 0.05) is 37.2 Å². The largest absolute Gasteiger partial charge is 0.464 e. The minimum absolute atomic E-state index is 0.0317. The number of rotatable bonds is 2. The van der Waals surface area contributed by atoms with Crippen LogP contribution in [0.5, 0.6) is 0 Å². The Balaban J connectivity index is 1.42. The molecule has 1 amide bonds. The van der Waals surface area contributed by atoms with E-state index in [1.807, 2.05) is 22.8 Å². The molecule has 5 rings (SSSR count). The summed E-state index contributed by atoms with van der Waals surface area (Å²) in [5, 5.41) is 0. The molecule has 0 N–H and O–H groups in total. The molecule has 1 saturated carbocycles. The SMILES string of the molecule is O=C(C1CCCCC1)N1CC2CC(C1)c1ccc(-c3ccco3)c(=O)n1C2. The summed E-state index contributed by atoms with van der Waals surface area (Å²) >= 11 is 0. The first-order valence-corrected chi connectivity index (χ1v) is 10.3. The van der Waals surface area contributed by atoms with Gasteiger partial charge in [0.25, 0.3) is 5.56 Å². The number of furan rings is 1. The van der Waals surface area contributed by atoms with Crippen molar-refractivity contribution >= 4 is 5.91 Å².